The van der Waals surface area contributed by atoms with E-state index in [2.05, 4.69) is 15.4 Å². The van der Waals surface area contributed by atoms with E-state index < -0.39 is 0 Å². The predicted octanol–water partition coefficient (Wildman–Crippen LogP) is 4.64. The van der Waals surface area contributed by atoms with Crippen molar-refractivity contribution in [3.05, 3.63) is 53.2 Å². The molecule has 126 valence electrons. The highest BCUT2D eigenvalue weighted by molar-refractivity contribution is 7.22. The van der Waals surface area contributed by atoms with E-state index in [9.17, 15) is 4.79 Å². The monoisotopic (exact) mass is 370 g/mol. The fourth-order valence-corrected chi connectivity index (χ4v) is 3.88. The molecule has 0 aliphatic heterocycles. The van der Waals surface area contributed by atoms with Crippen LogP contribution < -0.4 is 5.32 Å². The normalized spacial score (nSPS) is 11.3. The third-order valence-electron chi connectivity index (χ3n) is 4.02. The molecule has 0 radical (unpaired) electrons. The number of nitrogens with zero attached hydrogens (tertiary/aromatic N) is 3. The minimum absolute atomic E-state index is 0.0811. The maximum atomic E-state index is 12.3. The third kappa shape index (κ3) is 3.23. The Morgan fingerprint density at radius 3 is 3.04 bits per heavy atom. The molecule has 7 heteroatoms. The molecule has 0 saturated heterocycles. The molecule has 0 atom stereocenters. The Balaban J connectivity index is 1.46. The number of thiazole rings is 1. The Bertz CT molecular complexity index is 1090. The van der Waals surface area contributed by atoms with Gasteiger partial charge < -0.3 is 5.32 Å². The Morgan fingerprint density at radius 1 is 1.32 bits per heavy atom. The highest BCUT2D eigenvalue weighted by Gasteiger charge is 2.10. The fraction of sp³-hybridized carbons (Fsp3) is 0.167. The van der Waals surface area contributed by atoms with Crippen molar-refractivity contribution < 1.29 is 4.79 Å². The number of aryl methyl sites for hydroxylation is 2. The summed E-state index contributed by atoms with van der Waals surface area (Å²) in [5.74, 6) is -0.0811. The maximum absolute atomic E-state index is 12.3. The summed E-state index contributed by atoms with van der Waals surface area (Å²) >= 11 is 7.53. The van der Waals surface area contributed by atoms with Gasteiger partial charge in [0.2, 0.25) is 5.91 Å². The van der Waals surface area contributed by atoms with Gasteiger partial charge in [-0.15, -0.1) is 0 Å². The Kier molecular flexibility index (Phi) is 4.15. The fourth-order valence-electron chi connectivity index (χ4n) is 2.75. The first-order valence-electron chi connectivity index (χ1n) is 7.87. The van der Waals surface area contributed by atoms with Gasteiger partial charge in [0.05, 0.1) is 28.5 Å². The zero-order chi connectivity index (χ0) is 17.4. The van der Waals surface area contributed by atoms with Gasteiger partial charge in [-0.25, -0.2) is 4.98 Å². The van der Waals surface area contributed by atoms with Crippen LogP contribution in [0.1, 0.15) is 12.0 Å². The first kappa shape index (κ1) is 16.1. The summed E-state index contributed by atoms with van der Waals surface area (Å²) in [7, 11) is 0. The number of anilines is 1. The molecule has 25 heavy (non-hydrogen) atoms. The highest BCUT2D eigenvalue weighted by atomic mass is 35.5. The van der Waals surface area contributed by atoms with E-state index in [1.165, 1.54) is 11.3 Å². The van der Waals surface area contributed by atoms with Crippen molar-refractivity contribution in [2.75, 3.05) is 5.32 Å². The molecule has 0 aliphatic carbocycles. The lowest BCUT2D eigenvalue weighted by atomic mass is 10.2. The molecule has 1 amide bonds. The van der Waals surface area contributed by atoms with Crippen molar-refractivity contribution in [1.82, 2.24) is 14.8 Å². The van der Waals surface area contributed by atoms with Gasteiger partial charge in [0.15, 0.2) is 5.13 Å². The van der Waals surface area contributed by atoms with E-state index in [1.807, 2.05) is 43.3 Å². The van der Waals surface area contributed by atoms with E-state index in [1.54, 1.807) is 10.9 Å². The van der Waals surface area contributed by atoms with Crippen molar-refractivity contribution in [2.24, 2.45) is 0 Å². The molecule has 0 spiro atoms. The number of carbonyl (C=O) groups excluding carboxylic acids is 1. The van der Waals surface area contributed by atoms with Crippen LogP contribution in [-0.4, -0.2) is 20.7 Å². The quantitative estimate of drug-likeness (QED) is 0.569. The van der Waals surface area contributed by atoms with Crippen LogP contribution in [-0.2, 0) is 11.3 Å². The number of fused-ring (bicyclic) bond motifs is 2. The van der Waals surface area contributed by atoms with Crippen molar-refractivity contribution in [3.63, 3.8) is 0 Å². The van der Waals surface area contributed by atoms with Gasteiger partial charge in [-0.1, -0.05) is 35.1 Å². The number of hydrogen-bond donors (Lipinski definition) is 1. The van der Waals surface area contributed by atoms with E-state index in [4.69, 9.17) is 11.6 Å². The molecular formula is C18H15ClN4OS. The lowest BCUT2D eigenvalue weighted by molar-refractivity contribution is -0.116. The van der Waals surface area contributed by atoms with Crippen LogP contribution in [0.25, 0.3) is 21.1 Å². The molecule has 0 aliphatic rings. The lowest BCUT2D eigenvalue weighted by Crippen LogP contribution is -2.14. The molecule has 2 aromatic carbocycles. The molecular weight excluding hydrogens is 356 g/mol. The molecule has 0 saturated carbocycles. The summed E-state index contributed by atoms with van der Waals surface area (Å²) in [6.07, 6.45) is 2.10. The maximum Gasteiger partial charge on any atom is 0.228 e. The van der Waals surface area contributed by atoms with Gasteiger partial charge in [0.25, 0.3) is 0 Å². The second-order valence-electron chi connectivity index (χ2n) is 5.81. The largest absolute Gasteiger partial charge is 0.302 e. The van der Waals surface area contributed by atoms with Crippen LogP contribution >= 0.6 is 22.9 Å². The number of nitrogens with one attached hydrogen (secondary N) is 1. The van der Waals surface area contributed by atoms with E-state index >= 15 is 0 Å². The standard InChI is InChI=1S/C18H15ClN4OS/c1-11-3-2-4-15-17(11)22-18(25-15)21-16(24)7-8-23-14-9-13(19)6-5-12(14)10-20-23/h2-6,9-10H,7-8H2,1H3,(H,21,22,24). The van der Waals surface area contributed by atoms with Crippen LogP contribution in [0.5, 0.6) is 0 Å². The zero-order valence-corrected chi connectivity index (χ0v) is 15.1. The molecule has 4 rings (SSSR count). The summed E-state index contributed by atoms with van der Waals surface area (Å²) < 4.78 is 2.87. The summed E-state index contributed by atoms with van der Waals surface area (Å²) in [6, 6.07) is 11.6. The number of carbonyl (C=O) groups is 1. The minimum atomic E-state index is -0.0811. The number of para-hydroxylation sites is 1. The molecule has 2 aromatic heterocycles. The van der Waals surface area contributed by atoms with Crippen LogP contribution in [0.4, 0.5) is 5.13 Å². The number of hydrogen-bond acceptors (Lipinski definition) is 4. The van der Waals surface area contributed by atoms with Gasteiger partial charge in [-0.3, -0.25) is 9.48 Å². The number of halogens is 1. The van der Waals surface area contributed by atoms with E-state index in [0.29, 0.717) is 23.1 Å². The van der Waals surface area contributed by atoms with Gasteiger partial charge in [0.1, 0.15) is 0 Å². The second kappa shape index (κ2) is 6.46. The minimum Gasteiger partial charge on any atom is -0.302 e. The topological polar surface area (TPSA) is 59.8 Å². The molecule has 4 aromatic rings. The van der Waals surface area contributed by atoms with E-state index in [0.717, 1.165) is 26.7 Å². The molecule has 0 unspecified atom stereocenters. The van der Waals surface area contributed by atoms with Crippen LogP contribution in [0.3, 0.4) is 0 Å². The van der Waals surface area contributed by atoms with Gasteiger partial charge in [0, 0.05) is 16.8 Å². The second-order valence-corrected chi connectivity index (χ2v) is 7.28. The molecule has 5 nitrogen and oxygen atoms in total. The first-order chi connectivity index (χ1) is 12.1. The predicted molar refractivity (Wildman–Crippen MR) is 102 cm³/mol. The SMILES string of the molecule is Cc1cccc2sc(NC(=O)CCn3ncc4ccc(Cl)cc43)nc12. The summed E-state index contributed by atoms with van der Waals surface area (Å²) in [4.78, 5) is 16.8. The Labute approximate surface area is 153 Å². The average Bonchev–Trinajstić information content (AvgIpc) is 3.17. The van der Waals surface area contributed by atoms with Gasteiger partial charge in [-0.05, 0) is 36.8 Å². The van der Waals surface area contributed by atoms with Crippen molar-refractivity contribution in [3.8, 4) is 0 Å². The molecule has 2 heterocycles. The molecule has 0 fully saturated rings. The number of benzene rings is 2. The van der Waals surface area contributed by atoms with E-state index in [-0.39, 0.29) is 5.91 Å². The van der Waals surface area contributed by atoms with Crippen molar-refractivity contribution in [2.45, 2.75) is 19.9 Å². The highest BCUT2D eigenvalue weighted by Crippen LogP contribution is 2.28. The van der Waals surface area contributed by atoms with Crippen molar-refractivity contribution in [1.29, 1.82) is 0 Å². The zero-order valence-electron chi connectivity index (χ0n) is 13.5. The number of aromatic nitrogens is 3. The Morgan fingerprint density at radius 2 is 2.20 bits per heavy atom. The Hall–Kier alpha value is -2.44. The van der Waals surface area contributed by atoms with Crippen molar-refractivity contribution >= 4 is 55.1 Å². The summed E-state index contributed by atoms with van der Waals surface area (Å²) in [6.45, 7) is 2.50. The van der Waals surface area contributed by atoms with Crippen LogP contribution in [0.2, 0.25) is 5.02 Å². The first-order valence-corrected chi connectivity index (χ1v) is 9.07. The average molecular weight is 371 g/mol. The van der Waals surface area contributed by atoms with Gasteiger partial charge in [-0.2, -0.15) is 5.10 Å². The third-order valence-corrected chi connectivity index (χ3v) is 5.20. The number of rotatable bonds is 4. The number of amides is 1. The van der Waals surface area contributed by atoms with Crippen LogP contribution in [0, 0.1) is 6.92 Å². The summed E-state index contributed by atoms with van der Waals surface area (Å²) in [5.41, 5.74) is 2.97. The summed E-state index contributed by atoms with van der Waals surface area (Å²) in [5, 5.41) is 9.50. The lowest BCUT2D eigenvalue weighted by Gasteiger charge is -2.04. The smallest absolute Gasteiger partial charge is 0.228 e. The molecule has 0 bridgehead atoms. The van der Waals surface area contributed by atoms with Crippen LogP contribution in [0.15, 0.2) is 42.6 Å². The molecule has 1 N–H and O–H groups in total. The van der Waals surface area contributed by atoms with Gasteiger partial charge >= 0.3 is 0 Å².